The Morgan fingerprint density at radius 2 is 0.891 bits per heavy atom. The van der Waals surface area contributed by atoms with Gasteiger partial charge in [0, 0.05) is 32.7 Å². The molecule has 0 N–H and O–H groups in total. The molecule has 1 aliphatic carbocycles. The molecule has 2 heteroatoms. The summed E-state index contributed by atoms with van der Waals surface area (Å²) in [5, 5.41) is 9.07. The molecule has 258 valence electrons. The van der Waals surface area contributed by atoms with E-state index in [2.05, 4.69) is 172 Å². The zero-order chi connectivity index (χ0) is 36.4. The summed E-state index contributed by atoms with van der Waals surface area (Å²) >= 11 is 0. The van der Waals surface area contributed by atoms with E-state index in [1.807, 2.05) is 12.1 Å². The van der Waals surface area contributed by atoms with Gasteiger partial charge in [0.25, 0.3) is 0 Å². The van der Waals surface area contributed by atoms with Crippen LogP contribution in [0.1, 0.15) is 25.0 Å². The van der Waals surface area contributed by atoms with Crippen LogP contribution in [0.3, 0.4) is 0 Å². The van der Waals surface area contributed by atoms with Crippen LogP contribution in [0.2, 0.25) is 0 Å². The Morgan fingerprint density at radius 1 is 0.345 bits per heavy atom. The average Bonchev–Trinajstić information content (AvgIpc) is 3.87. The highest BCUT2D eigenvalue weighted by Gasteiger charge is 2.35. The molecule has 1 aliphatic rings. The van der Waals surface area contributed by atoms with Crippen LogP contribution in [-0.4, -0.2) is 0 Å². The van der Waals surface area contributed by atoms with Crippen LogP contribution < -0.4 is 0 Å². The minimum Gasteiger partial charge on any atom is -0.455 e. The van der Waals surface area contributed by atoms with Gasteiger partial charge < -0.3 is 8.83 Å². The first-order valence-corrected chi connectivity index (χ1v) is 19.1. The third kappa shape index (κ3) is 4.20. The zero-order valence-corrected chi connectivity index (χ0v) is 30.5. The second-order valence-corrected chi connectivity index (χ2v) is 15.6. The van der Waals surface area contributed by atoms with E-state index in [0.29, 0.717) is 0 Å². The van der Waals surface area contributed by atoms with Crippen molar-refractivity contribution >= 4 is 65.4 Å². The second-order valence-electron chi connectivity index (χ2n) is 15.6. The molecule has 11 aromatic rings. The third-order valence-electron chi connectivity index (χ3n) is 12.3. The number of benzene rings is 9. The number of furan rings is 2. The molecular formula is C53H34O2. The highest BCUT2D eigenvalue weighted by atomic mass is 16.3. The predicted molar refractivity (Wildman–Crippen MR) is 230 cm³/mol. The fourth-order valence-corrected chi connectivity index (χ4v) is 9.72. The first-order chi connectivity index (χ1) is 27.0. The summed E-state index contributed by atoms with van der Waals surface area (Å²) in [4.78, 5) is 0. The first kappa shape index (κ1) is 30.6. The summed E-state index contributed by atoms with van der Waals surface area (Å²) in [7, 11) is 0. The van der Waals surface area contributed by atoms with E-state index in [1.165, 1.54) is 71.6 Å². The van der Waals surface area contributed by atoms with Gasteiger partial charge in [0.15, 0.2) is 0 Å². The average molecular weight is 703 g/mol. The molecule has 0 bridgehead atoms. The topological polar surface area (TPSA) is 26.3 Å². The smallest absolute Gasteiger partial charge is 0.147 e. The van der Waals surface area contributed by atoms with Crippen molar-refractivity contribution in [1.29, 1.82) is 0 Å². The first-order valence-electron chi connectivity index (χ1n) is 19.1. The summed E-state index contributed by atoms with van der Waals surface area (Å²) in [6.45, 7) is 4.70. The molecule has 9 aromatic carbocycles. The Labute approximate surface area is 317 Å². The lowest BCUT2D eigenvalue weighted by atomic mass is 9.81. The highest BCUT2D eigenvalue weighted by molar-refractivity contribution is 6.29. The Balaban J connectivity index is 1.12. The largest absolute Gasteiger partial charge is 0.455 e. The molecule has 0 aliphatic heterocycles. The molecular weight excluding hydrogens is 669 g/mol. The van der Waals surface area contributed by atoms with Crippen LogP contribution in [-0.2, 0) is 5.41 Å². The van der Waals surface area contributed by atoms with Crippen LogP contribution in [0.25, 0.3) is 110 Å². The molecule has 2 aromatic heterocycles. The van der Waals surface area contributed by atoms with E-state index in [-0.39, 0.29) is 5.41 Å². The summed E-state index contributed by atoms with van der Waals surface area (Å²) < 4.78 is 13.4. The molecule has 2 heterocycles. The molecule has 0 unspecified atom stereocenters. The highest BCUT2D eigenvalue weighted by Crippen LogP contribution is 2.51. The van der Waals surface area contributed by atoms with Gasteiger partial charge in [-0.25, -0.2) is 0 Å². The van der Waals surface area contributed by atoms with Crippen molar-refractivity contribution in [3.8, 4) is 44.5 Å². The quantitative estimate of drug-likeness (QED) is 0.171. The molecule has 12 rings (SSSR count). The van der Waals surface area contributed by atoms with E-state index >= 15 is 0 Å². The van der Waals surface area contributed by atoms with Gasteiger partial charge in [-0.2, -0.15) is 0 Å². The molecule has 0 radical (unpaired) electrons. The normalized spacial score (nSPS) is 13.4. The monoisotopic (exact) mass is 702 g/mol. The van der Waals surface area contributed by atoms with Crippen molar-refractivity contribution in [2.45, 2.75) is 19.3 Å². The van der Waals surface area contributed by atoms with Gasteiger partial charge in [-0.1, -0.05) is 153 Å². The lowest BCUT2D eigenvalue weighted by Crippen LogP contribution is -2.14. The minimum atomic E-state index is -0.0567. The van der Waals surface area contributed by atoms with Crippen molar-refractivity contribution in [2.75, 3.05) is 0 Å². The van der Waals surface area contributed by atoms with Gasteiger partial charge in [0.05, 0.1) is 5.39 Å². The van der Waals surface area contributed by atoms with E-state index in [9.17, 15) is 0 Å². The van der Waals surface area contributed by atoms with Crippen molar-refractivity contribution in [3.63, 3.8) is 0 Å². The Hall–Kier alpha value is -6.90. The Morgan fingerprint density at radius 3 is 1.64 bits per heavy atom. The van der Waals surface area contributed by atoms with Crippen molar-refractivity contribution in [3.05, 3.63) is 181 Å². The molecule has 0 atom stereocenters. The van der Waals surface area contributed by atoms with E-state index < -0.39 is 0 Å². The number of hydrogen-bond acceptors (Lipinski definition) is 2. The standard InChI is InChI=1S/C53H34O2/c1-53(2)44-23-10-7-16-34(44)35-27-26-32(29-45(35)53)31-14-13-15-33(28-31)48-37-18-3-5-20-39(37)49(40-21-6-4-19-38(40)48)43-30-42-36-17-8-11-24-46(36)54-51(42)50-41-22-9-12-25-47(41)55-52(43)50/h3-30H,1-2H3. The van der Waals surface area contributed by atoms with E-state index in [4.69, 9.17) is 8.83 Å². The SMILES string of the molecule is CC1(C)c2ccccc2-c2ccc(-c3cccc(-c4c5ccccc5c(-c5cc6c7ccccc7oc6c6c5oc5ccccc56)c5ccccc45)c3)cc21. The molecule has 0 fully saturated rings. The Bertz CT molecular complexity index is 3350. The van der Waals surface area contributed by atoms with Gasteiger partial charge in [0.1, 0.15) is 22.3 Å². The van der Waals surface area contributed by atoms with Crippen LogP contribution in [0.5, 0.6) is 0 Å². The minimum absolute atomic E-state index is 0.0567. The van der Waals surface area contributed by atoms with E-state index in [1.54, 1.807) is 0 Å². The number of hydrogen-bond donors (Lipinski definition) is 0. The molecule has 0 amide bonds. The summed E-state index contributed by atoms with van der Waals surface area (Å²) in [5.41, 5.74) is 16.0. The Kier molecular flexibility index (Phi) is 6.15. The summed E-state index contributed by atoms with van der Waals surface area (Å²) in [6.07, 6.45) is 0. The van der Waals surface area contributed by atoms with Gasteiger partial charge in [-0.05, 0) is 96.4 Å². The maximum atomic E-state index is 6.83. The lowest BCUT2D eigenvalue weighted by molar-refractivity contribution is 0.660. The third-order valence-corrected chi connectivity index (χ3v) is 12.3. The maximum Gasteiger partial charge on any atom is 0.147 e. The van der Waals surface area contributed by atoms with Gasteiger partial charge in [-0.15, -0.1) is 0 Å². The molecule has 55 heavy (non-hydrogen) atoms. The molecule has 2 nitrogen and oxygen atoms in total. The van der Waals surface area contributed by atoms with Crippen molar-refractivity contribution < 1.29 is 8.83 Å². The van der Waals surface area contributed by atoms with Crippen LogP contribution in [0.15, 0.2) is 179 Å². The van der Waals surface area contributed by atoms with Gasteiger partial charge >= 0.3 is 0 Å². The van der Waals surface area contributed by atoms with Gasteiger partial charge in [-0.3, -0.25) is 0 Å². The summed E-state index contributed by atoms with van der Waals surface area (Å²) in [5.74, 6) is 0. The van der Waals surface area contributed by atoms with Crippen LogP contribution in [0.4, 0.5) is 0 Å². The number of rotatable bonds is 3. The van der Waals surface area contributed by atoms with Crippen LogP contribution >= 0.6 is 0 Å². The van der Waals surface area contributed by atoms with E-state index in [0.717, 1.165) is 49.4 Å². The van der Waals surface area contributed by atoms with Crippen molar-refractivity contribution in [1.82, 2.24) is 0 Å². The lowest BCUT2D eigenvalue weighted by Gasteiger charge is -2.22. The summed E-state index contributed by atoms with van der Waals surface area (Å²) in [6, 6.07) is 61.7. The van der Waals surface area contributed by atoms with Crippen LogP contribution in [0, 0.1) is 0 Å². The fourth-order valence-electron chi connectivity index (χ4n) is 9.72. The maximum absolute atomic E-state index is 6.83. The molecule has 0 saturated heterocycles. The fraction of sp³-hybridized carbons (Fsp3) is 0.0566. The molecule has 0 spiro atoms. The zero-order valence-electron chi connectivity index (χ0n) is 30.5. The van der Waals surface area contributed by atoms with Gasteiger partial charge in [0.2, 0.25) is 0 Å². The predicted octanol–water partition coefficient (Wildman–Crippen LogP) is 15.1. The second kappa shape index (κ2) is 11.1. The molecule has 0 saturated carbocycles. The number of fused-ring (bicyclic) bond motifs is 12. The van der Waals surface area contributed by atoms with Crippen molar-refractivity contribution in [2.24, 2.45) is 0 Å². The number of para-hydroxylation sites is 2.